The number of carboxylic acids is 1. The first-order chi connectivity index (χ1) is 14.6. The summed E-state index contributed by atoms with van der Waals surface area (Å²) >= 11 is 0. The van der Waals surface area contributed by atoms with Crippen molar-refractivity contribution in [1.82, 2.24) is 5.43 Å². The lowest BCUT2D eigenvalue weighted by atomic mass is 9.77. The van der Waals surface area contributed by atoms with Gasteiger partial charge in [0.05, 0.1) is 18.6 Å². The number of hydrogen-bond acceptors (Lipinski definition) is 4. The second-order valence-electron chi connectivity index (χ2n) is 7.83. The number of hydrazone groups is 1. The van der Waals surface area contributed by atoms with Crippen molar-refractivity contribution in [2.45, 2.75) is 37.9 Å². The second kappa shape index (κ2) is 9.09. The van der Waals surface area contributed by atoms with Crippen molar-refractivity contribution in [3.63, 3.8) is 0 Å². The molecule has 0 aliphatic carbocycles. The number of nitrogens with one attached hydrogen (secondary N) is 2. The maximum Gasteiger partial charge on any atom is 0.339 e. The smallest absolute Gasteiger partial charge is 0.339 e. The molecule has 4 atom stereocenters. The highest BCUT2D eigenvalue weighted by Gasteiger charge is 2.47. The molecular formula is C23H25N3O4. The number of nitrogens with zero attached hydrogens (tertiary/aromatic N) is 1. The minimum atomic E-state index is -0.829. The summed E-state index contributed by atoms with van der Waals surface area (Å²) < 4.78 is 6.10. The largest absolute Gasteiger partial charge is 0.481 e. The molecular weight excluding hydrogens is 382 g/mol. The summed E-state index contributed by atoms with van der Waals surface area (Å²) in [4.78, 5) is 22.9. The molecule has 2 fully saturated rings. The molecule has 7 heteroatoms. The molecule has 0 radical (unpaired) electrons. The lowest BCUT2D eigenvalue weighted by molar-refractivity contribution is -0.136. The molecule has 30 heavy (non-hydrogen) atoms. The summed E-state index contributed by atoms with van der Waals surface area (Å²) in [6, 6.07) is 16.5. The van der Waals surface area contributed by atoms with Crippen molar-refractivity contribution in [3.05, 3.63) is 65.7 Å². The normalized spacial score (nSPS) is 24.8. The first-order valence-corrected chi connectivity index (χ1v) is 10.2. The van der Waals surface area contributed by atoms with Gasteiger partial charge in [0.15, 0.2) is 0 Å². The van der Waals surface area contributed by atoms with Crippen molar-refractivity contribution >= 4 is 23.9 Å². The van der Waals surface area contributed by atoms with Crippen LogP contribution in [-0.2, 0) is 22.4 Å². The first kappa shape index (κ1) is 20.1. The molecule has 0 saturated carbocycles. The Hall–Kier alpha value is -3.19. The predicted octanol–water partition coefficient (Wildman–Crippen LogP) is 3.46. The van der Waals surface area contributed by atoms with Gasteiger partial charge < -0.3 is 15.2 Å². The van der Waals surface area contributed by atoms with E-state index in [-0.39, 0.29) is 36.5 Å². The number of carbonyl (C=O) groups excluding carboxylic acids is 1. The van der Waals surface area contributed by atoms with E-state index in [1.165, 1.54) is 0 Å². The van der Waals surface area contributed by atoms with Gasteiger partial charge in [-0.3, -0.25) is 4.79 Å². The molecule has 4 unspecified atom stereocenters. The van der Waals surface area contributed by atoms with Gasteiger partial charge >= 0.3 is 12.0 Å². The van der Waals surface area contributed by atoms with Gasteiger partial charge in [-0.25, -0.2) is 10.2 Å². The Kier molecular flexibility index (Phi) is 6.09. The van der Waals surface area contributed by atoms with Gasteiger partial charge in [-0.15, -0.1) is 0 Å². The van der Waals surface area contributed by atoms with E-state index in [1.54, 1.807) is 6.21 Å². The van der Waals surface area contributed by atoms with Crippen molar-refractivity contribution in [1.29, 1.82) is 0 Å². The van der Waals surface area contributed by atoms with Crippen LogP contribution in [0.4, 0.5) is 10.5 Å². The van der Waals surface area contributed by atoms with E-state index in [2.05, 4.69) is 15.8 Å². The Morgan fingerprint density at radius 1 is 1.03 bits per heavy atom. The van der Waals surface area contributed by atoms with Crippen LogP contribution in [0.25, 0.3) is 0 Å². The standard InChI is InChI=1S/C23H25N3O4/c27-22(28)13-16-8-6-15(7-9-16)12-18-19(21-11-10-20(18)30-21)14-24-26-23(29)25-17-4-2-1-3-5-17/h1-9,14,18-21H,10-13H2,(H,27,28)(H2,25,26,29)/b24-14+. The average molecular weight is 407 g/mol. The van der Waals surface area contributed by atoms with Gasteiger partial charge in [0.1, 0.15) is 0 Å². The highest BCUT2D eigenvalue weighted by atomic mass is 16.5. The molecule has 2 amide bonds. The number of benzene rings is 2. The minimum Gasteiger partial charge on any atom is -0.481 e. The van der Waals surface area contributed by atoms with E-state index >= 15 is 0 Å². The molecule has 2 heterocycles. The number of fused-ring (bicyclic) bond motifs is 2. The van der Waals surface area contributed by atoms with E-state index in [9.17, 15) is 9.59 Å². The highest BCUT2D eigenvalue weighted by molar-refractivity contribution is 5.89. The third-order valence-electron chi connectivity index (χ3n) is 5.78. The number of rotatable bonds is 7. The summed E-state index contributed by atoms with van der Waals surface area (Å²) in [6.07, 6.45) is 5.05. The van der Waals surface area contributed by atoms with Gasteiger partial charge in [-0.1, -0.05) is 42.5 Å². The summed E-state index contributed by atoms with van der Waals surface area (Å²) in [5, 5.41) is 15.8. The van der Waals surface area contributed by atoms with Crippen molar-refractivity contribution in [3.8, 4) is 0 Å². The molecule has 2 aromatic rings. The zero-order chi connectivity index (χ0) is 20.9. The number of anilines is 1. The number of amides is 2. The summed E-state index contributed by atoms with van der Waals surface area (Å²) in [5.41, 5.74) is 5.19. The SMILES string of the molecule is O=C(O)Cc1ccc(CC2C3CCC(O3)C2/C=N/NC(=O)Nc2ccccc2)cc1. The van der Waals surface area contributed by atoms with E-state index < -0.39 is 5.97 Å². The van der Waals surface area contributed by atoms with E-state index in [0.717, 1.165) is 30.4 Å². The average Bonchev–Trinajstić information content (AvgIpc) is 3.32. The van der Waals surface area contributed by atoms with Crippen LogP contribution in [0.2, 0.25) is 0 Å². The van der Waals surface area contributed by atoms with E-state index in [0.29, 0.717) is 5.69 Å². The van der Waals surface area contributed by atoms with Gasteiger partial charge in [-0.2, -0.15) is 5.10 Å². The number of carboxylic acid groups (broad SMARTS) is 1. The number of carbonyl (C=O) groups is 2. The van der Waals surface area contributed by atoms with Crippen LogP contribution in [0.3, 0.4) is 0 Å². The lowest BCUT2D eigenvalue weighted by Gasteiger charge is -2.25. The molecule has 0 spiro atoms. The summed E-state index contributed by atoms with van der Waals surface area (Å²) in [6.45, 7) is 0. The molecule has 3 N–H and O–H groups in total. The Morgan fingerprint density at radius 2 is 1.73 bits per heavy atom. The van der Waals surface area contributed by atoms with Crippen molar-refractivity contribution in [2.75, 3.05) is 5.32 Å². The number of para-hydroxylation sites is 1. The van der Waals surface area contributed by atoms with Gasteiger partial charge in [-0.05, 0) is 48.4 Å². The molecule has 2 bridgehead atoms. The first-order valence-electron chi connectivity index (χ1n) is 10.2. The fourth-order valence-corrected chi connectivity index (χ4v) is 4.39. The molecule has 2 aliphatic heterocycles. The molecule has 0 aromatic heterocycles. The van der Waals surface area contributed by atoms with Crippen LogP contribution < -0.4 is 10.7 Å². The van der Waals surface area contributed by atoms with Crippen LogP contribution in [0.15, 0.2) is 59.7 Å². The van der Waals surface area contributed by atoms with Gasteiger partial charge in [0, 0.05) is 17.8 Å². The number of aliphatic carboxylic acids is 1. The molecule has 4 rings (SSSR count). The van der Waals surface area contributed by atoms with Crippen LogP contribution in [0, 0.1) is 11.8 Å². The zero-order valence-electron chi connectivity index (χ0n) is 16.5. The number of hydrogen-bond donors (Lipinski definition) is 3. The maximum absolute atomic E-state index is 12.0. The van der Waals surface area contributed by atoms with Crippen LogP contribution in [-0.4, -0.2) is 35.5 Å². The third-order valence-corrected chi connectivity index (χ3v) is 5.78. The van der Waals surface area contributed by atoms with Gasteiger partial charge in [0.2, 0.25) is 0 Å². The van der Waals surface area contributed by atoms with Crippen molar-refractivity contribution < 1.29 is 19.4 Å². The second-order valence-corrected chi connectivity index (χ2v) is 7.83. The molecule has 156 valence electrons. The Labute approximate surface area is 175 Å². The fraction of sp³-hybridized carbons (Fsp3) is 0.348. The summed E-state index contributed by atoms with van der Waals surface area (Å²) in [7, 11) is 0. The number of urea groups is 1. The maximum atomic E-state index is 12.0. The third kappa shape index (κ3) is 4.86. The predicted molar refractivity (Wildman–Crippen MR) is 113 cm³/mol. The molecule has 2 saturated heterocycles. The Morgan fingerprint density at radius 3 is 2.47 bits per heavy atom. The van der Waals surface area contributed by atoms with Crippen molar-refractivity contribution in [2.24, 2.45) is 16.9 Å². The van der Waals surface area contributed by atoms with E-state index in [1.807, 2.05) is 54.6 Å². The zero-order valence-corrected chi connectivity index (χ0v) is 16.5. The quantitative estimate of drug-likeness (QED) is 0.483. The monoisotopic (exact) mass is 407 g/mol. The topological polar surface area (TPSA) is 100 Å². The molecule has 7 nitrogen and oxygen atoms in total. The van der Waals surface area contributed by atoms with E-state index in [4.69, 9.17) is 9.84 Å². The fourth-order valence-electron chi connectivity index (χ4n) is 4.39. The Balaban J connectivity index is 1.35. The molecule has 2 aliphatic rings. The molecule has 2 aromatic carbocycles. The van der Waals surface area contributed by atoms with Crippen LogP contribution >= 0.6 is 0 Å². The number of ether oxygens (including phenoxy) is 1. The Bertz CT molecular complexity index is 914. The van der Waals surface area contributed by atoms with Crippen LogP contribution in [0.1, 0.15) is 24.0 Å². The lowest BCUT2D eigenvalue weighted by Crippen LogP contribution is -2.31. The van der Waals surface area contributed by atoms with Crippen LogP contribution in [0.5, 0.6) is 0 Å². The minimum absolute atomic E-state index is 0.0313. The van der Waals surface area contributed by atoms with Gasteiger partial charge in [0.25, 0.3) is 0 Å². The summed E-state index contributed by atoms with van der Waals surface area (Å²) in [5.74, 6) is -0.402. The highest BCUT2D eigenvalue weighted by Crippen LogP contribution is 2.44.